The molecule has 1 aromatic rings. The SMILES string of the molecule is COCCCS(=O)CC(N)c1ccc(C)cc1. The Bertz CT molecular complexity index is 351. The Hall–Kier alpha value is -0.710. The molecule has 0 amide bonds. The summed E-state index contributed by atoms with van der Waals surface area (Å²) >= 11 is 0. The molecule has 0 aliphatic carbocycles. The fourth-order valence-electron chi connectivity index (χ4n) is 1.56. The minimum atomic E-state index is -0.862. The monoisotopic (exact) mass is 255 g/mol. The molecule has 2 atom stereocenters. The summed E-state index contributed by atoms with van der Waals surface area (Å²) < 4.78 is 16.7. The number of benzene rings is 1. The predicted molar refractivity (Wildman–Crippen MR) is 72.5 cm³/mol. The van der Waals surface area contributed by atoms with E-state index in [1.54, 1.807) is 7.11 Å². The van der Waals surface area contributed by atoms with E-state index in [1.807, 2.05) is 31.2 Å². The smallest absolute Gasteiger partial charge is 0.0471 e. The van der Waals surface area contributed by atoms with Crippen molar-refractivity contribution in [2.24, 2.45) is 5.73 Å². The van der Waals surface area contributed by atoms with Crippen LogP contribution in [0.2, 0.25) is 0 Å². The molecule has 0 aromatic heterocycles. The standard InChI is InChI=1S/C13H21NO2S/c1-11-4-6-12(7-5-11)13(14)10-17(15)9-3-8-16-2/h4-7,13H,3,8-10,14H2,1-2H3. The quantitative estimate of drug-likeness (QED) is 0.756. The summed E-state index contributed by atoms with van der Waals surface area (Å²) in [5, 5.41) is 0. The molecule has 0 radical (unpaired) electrons. The molecule has 17 heavy (non-hydrogen) atoms. The lowest BCUT2D eigenvalue weighted by Crippen LogP contribution is -2.20. The van der Waals surface area contributed by atoms with Crippen LogP contribution < -0.4 is 5.73 Å². The molecule has 1 aromatic carbocycles. The lowest BCUT2D eigenvalue weighted by Gasteiger charge is -2.12. The Morgan fingerprint density at radius 3 is 2.59 bits per heavy atom. The van der Waals surface area contributed by atoms with Crippen molar-refractivity contribution in [3.8, 4) is 0 Å². The highest BCUT2D eigenvalue weighted by molar-refractivity contribution is 7.85. The van der Waals surface area contributed by atoms with E-state index in [0.29, 0.717) is 18.1 Å². The molecule has 0 heterocycles. The van der Waals surface area contributed by atoms with Gasteiger partial charge in [0.1, 0.15) is 0 Å². The first kappa shape index (κ1) is 14.4. The number of ether oxygens (including phenoxy) is 1. The van der Waals surface area contributed by atoms with Crippen LogP contribution in [-0.4, -0.2) is 29.4 Å². The lowest BCUT2D eigenvalue weighted by atomic mass is 10.1. The molecular weight excluding hydrogens is 234 g/mol. The number of rotatable bonds is 7. The zero-order valence-corrected chi connectivity index (χ0v) is 11.3. The molecule has 0 bridgehead atoms. The topological polar surface area (TPSA) is 52.3 Å². The van der Waals surface area contributed by atoms with Gasteiger partial charge in [0.2, 0.25) is 0 Å². The third-order valence-electron chi connectivity index (χ3n) is 2.59. The third kappa shape index (κ3) is 5.44. The maximum atomic E-state index is 11.7. The summed E-state index contributed by atoms with van der Waals surface area (Å²) in [6, 6.07) is 7.93. The van der Waals surface area contributed by atoms with Crippen molar-refractivity contribution in [1.82, 2.24) is 0 Å². The molecule has 1 rings (SSSR count). The average Bonchev–Trinajstić information content (AvgIpc) is 2.30. The minimum absolute atomic E-state index is 0.140. The van der Waals surface area contributed by atoms with Gasteiger partial charge in [-0.25, -0.2) is 0 Å². The highest BCUT2D eigenvalue weighted by atomic mass is 32.2. The van der Waals surface area contributed by atoms with Gasteiger partial charge in [0.25, 0.3) is 0 Å². The average molecular weight is 255 g/mol. The summed E-state index contributed by atoms with van der Waals surface area (Å²) in [5.74, 6) is 1.18. The van der Waals surface area contributed by atoms with Crippen LogP contribution >= 0.6 is 0 Å². The second-order valence-corrected chi connectivity index (χ2v) is 5.80. The molecule has 2 unspecified atom stereocenters. The van der Waals surface area contributed by atoms with Crippen molar-refractivity contribution >= 4 is 10.8 Å². The fraction of sp³-hybridized carbons (Fsp3) is 0.538. The summed E-state index contributed by atoms with van der Waals surface area (Å²) in [6.07, 6.45) is 0.823. The van der Waals surface area contributed by atoms with E-state index in [2.05, 4.69) is 0 Å². The summed E-state index contributed by atoms with van der Waals surface area (Å²) in [5.41, 5.74) is 8.29. The maximum Gasteiger partial charge on any atom is 0.0471 e. The molecule has 0 fully saturated rings. The van der Waals surface area contributed by atoms with Crippen molar-refractivity contribution in [3.63, 3.8) is 0 Å². The number of aryl methyl sites for hydroxylation is 1. The van der Waals surface area contributed by atoms with Gasteiger partial charge >= 0.3 is 0 Å². The van der Waals surface area contributed by atoms with E-state index in [9.17, 15) is 4.21 Å². The Morgan fingerprint density at radius 2 is 2.00 bits per heavy atom. The molecule has 0 spiro atoms. The van der Waals surface area contributed by atoms with Crippen LogP contribution in [0.4, 0.5) is 0 Å². The Morgan fingerprint density at radius 1 is 1.35 bits per heavy atom. The van der Waals surface area contributed by atoms with Crippen LogP contribution in [0.1, 0.15) is 23.6 Å². The number of methoxy groups -OCH3 is 1. The van der Waals surface area contributed by atoms with Gasteiger partial charge in [-0.15, -0.1) is 0 Å². The van der Waals surface area contributed by atoms with Gasteiger partial charge in [-0.2, -0.15) is 0 Å². The van der Waals surface area contributed by atoms with E-state index in [-0.39, 0.29) is 6.04 Å². The van der Waals surface area contributed by atoms with Crippen LogP contribution in [-0.2, 0) is 15.5 Å². The zero-order chi connectivity index (χ0) is 12.7. The van der Waals surface area contributed by atoms with Gasteiger partial charge in [0, 0.05) is 42.1 Å². The van der Waals surface area contributed by atoms with Crippen molar-refractivity contribution in [2.75, 3.05) is 25.2 Å². The maximum absolute atomic E-state index is 11.7. The van der Waals surface area contributed by atoms with Gasteiger partial charge in [-0.3, -0.25) is 4.21 Å². The zero-order valence-electron chi connectivity index (χ0n) is 10.5. The molecule has 0 aliphatic rings. The van der Waals surface area contributed by atoms with Gasteiger partial charge in [-0.1, -0.05) is 29.8 Å². The van der Waals surface area contributed by atoms with Gasteiger partial charge in [-0.05, 0) is 18.9 Å². The number of nitrogens with two attached hydrogens (primary N) is 1. The van der Waals surface area contributed by atoms with Crippen molar-refractivity contribution in [1.29, 1.82) is 0 Å². The fourth-order valence-corrected chi connectivity index (χ4v) is 2.76. The van der Waals surface area contributed by atoms with Gasteiger partial charge < -0.3 is 10.5 Å². The van der Waals surface area contributed by atoms with E-state index < -0.39 is 10.8 Å². The second kappa shape index (κ2) is 7.58. The molecule has 0 aliphatic heterocycles. The molecule has 3 nitrogen and oxygen atoms in total. The van der Waals surface area contributed by atoms with Gasteiger partial charge in [0.15, 0.2) is 0 Å². The van der Waals surface area contributed by atoms with E-state index in [4.69, 9.17) is 10.5 Å². The molecule has 2 N–H and O–H groups in total. The van der Waals surface area contributed by atoms with Crippen LogP contribution in [0.5, 0.6) is 0 Å². The van der Waals surface area contributed by atoms with Crippen LogP contribution in [0, 0.1) is 6.92 Å². The van der Waals surface area contributed by atoms with Crippen LogP contribution in [0.15, 0.2) is 24.3 Å². The largest absolute Gasteiger partial charge is 0.385 e. The molecule has 0 saturated heterocycles. The summed E-state index contributed by atoms with van der Waals surface area (Å²) in [7, 11) is 0.791. The van der Waals surface area contributed by atoms with Gasteiger partial charge in [0.05, 0.1) is 0 Å². The Balaban J connectivity index is 2.40. The van der Waals surface area contributed by atoms with Crippen molar-refractivity contribution < 1.29 is 8.95 Å². The Labute approximate surface area is 106 Å². The van der Waals surface area contributed by atoms with E-state index in [0.717, 1.165) is 12.0 Å². The Kier molecular flexibility index (Phi) is 6.40. The predicted octanol–water partition coefficient (Wildman–Crippen LogP) is 1.78. The van der Waals surface area contributed by atoms with Crippen molar-refractivity contribution in [3.05, 3.63) is 35.4 Å². The molecule has 0 saturated carbocycles. The highest BCUT2D eigenvalue weighted by Gasteiger charge is 2.10. The number of hydrogen-bond acceptors (Lipinski definition) is 3. The third-order valence-corrected chi connectivity index (χ3v) is 4.07. The molecule has 4 heteroatoms. The summed E-state index contributed by atoms with van der Waals surface area (Å²) in [4.78, 5) is 0. The normalized spacial score (nSPS) is 14.5. The lowest BCUT2D eigenvalue weighted by molar-refractivity contribution is 0.200. The molecular formula is C13H21NO2S. The minimum Gasteiger partial charge on any atom is -0.385 e. The summed E-state index contributed by atoms with van der Waals surface area (Å²) in [6.45, 7) is 2.70. The first-order valence-corrected chi connectivity index (χ1v) is 7.28. The first-order chi connectivity index (χ1) is 8.13. The van der Waals surface area contributed by atoms with E-state index in [1.165, 1.54) is 5.56 Å². The first-order valence-electron chi connectivity index (χ1n) is 5.79. The molecule has 96 valence electrons. The number of hydrogen-bond donors (Lipinski definition) is 1. The second-order valence-electron chi connectivity index (χ2n) is 4.17. The van der Waals surface area contributed by atoms with E-state index >= 15 is 0 Å². The van der Waals surface area contributed by atoms with Crippen LogP contribution in [0.3, 0.4) is 0 Å². The van der Waals surface area contributed by atoms with Crippen LogP contribution in [0.25, 0.3) is 0 Å². The highest BCUT2D eigenvalue weighted by Crippen LogP contribution is 2.12. The van der Waals surface area contributed by atoms with Crippen molar-refractivity contribution in [2.45, 2.75) is 19.4 Å².